The van der Waals surface area contributed by atoms with E-state index in [2.05, 4.69) is 15.9 Å². The Bertz CT molecular complexity index is 438. The van der Waals surface area contributed by atoms with Crippen LogP contribution in [0.1, 0.15) is 5.56 Å². The van der Waals surface area contributed by atoms with E-state index in [0.717, 1.165) is 0 Å². The number of nitrogens with zero attached hydrogens (tertiary/aromatic N) is 1. The zero-order chi connectivity index (χ0) is 11.7. The van der Waals surface area contributed by atoms with Gasteiger partial charge in [-0.15, -0.1) is 0 Å². The molecule has 0 aliphatic heterocycles. The Morgan fingerprint density at radius 1 is 1.20 bits per heavy atom. The third-order valence-corrected chi connectivity index (χ3v) is 2.34. The van der Waals surface area contributed by atoms with Crippen LogP contribution in [0.15, 0.2) is 4.47 Å². The second-order valence-electron chi connectivity index (χ2n) is 2.47. The highest BCUT2D eigenvalue weighted by Crippen LogP contribution is 2.34. The topological polar surface area (TPSA) is 43.1 Å². The summed E-state index contributed by atoms with van der Waals surface area (Å²) in [5.41, 5.74) is -2.74. The van der Waals surface area contributed by atoms with Gasteiger partial charge in [-0.25, -0.2) is 8.78 Å². The Labute approximate surface area is 89.0 Å². The lowest BCUT2D eigenvalue weighted by molar-refractivity contribution is -0.390. The van der Waals surface area contributed by atoms with Crippen molar-refractivity contribution >= 4 is 21.6 Å². The molecular weight excluding hydrogens is 286 g/mol. The minimum absolute atomic E-state index is 0.955. The van der Waals surface area contributed by atoms with Gasteiger partial charge in [0, 0.05) is 0 Å². The van der Waals surface area contributed by atoms with Crippen LogP contribution < -0.4 is 0 Å². The molecule has 0 radical (unpaired) electrons. The number of hydrogen-bond acceptors (Lipinski definition) is 2. The molecule has 15 heavy (non-hydrogen) atoms. The van der Waals surface area contributed by atoms with Crippen LogP contribution in [-0.2, 0) is 6.67 Å². The summed E-state index contributed by atoms with van der Waals surface area (Å²) in [4.78, 5) is 8.85. The molecule has 0 saturated carbocycles. The van der Waals surface area contributed by atoms with Crippen molar-refractivity contribution in [3.05, 3.63) is 37.6 Å². The molecular formula is C7H2BrF4NO2. The van der Waals surface area contributed by atoms with Crippen LogP contribution in [0.4, 0.5) is 23.2 Å². The molecule has 8 heteroatoms. The molecule has 0 atom stereocenters. The van der Waals surface area contributed by atoms with Crippen LogP contribution in [0.25, 0.3) is 0 Å². The Balaban J connectivity index is 3.68. The Morgan fingerprint density at radius 2 is 1.73 bits per heavy atom. The summed E-state index contributed by atoms with van der Waals surface area (Å²) >= 11 is 2.34. The Morgan fingerprint density at radius 3 is 2.13 bits per heavy atom. The molecule has 0 aliphatic carbocycles. The molecule has 0 aromatic heterocycles. The van der Waals surface area contributed by atoms with E-state index in [0.29, 0.717) is 0 Å². The lowest BCUT2D eigenvalue weighted by Crippen LogP contribution is -2.04. The molecule has 0 heterocycles. The lowest BCUT2D eigenvalue weighted by atomic mass is 10.2. The summed E-state index contributed by atoms with van der Waals surface area (Å²) in [5, 5.41) is 10.2. The molecule has 0 unspecified atom stereocenters. The predicted octanol–water partition coefficient (Wildman–Crippen LogP) is 3.24. The molecule has 0 saturated heterocycles. The van der Waals surface area contributed by atoms with E-state index in [-0.39, 0.29) is 0 Å². The lowest BCUT2D eigenvalue weighted by Gasteiger charge is -2.04. The molecule has 1 aromatic carbocycles. The van der Waals surface area contributed by atoms with Gasteiger partial charge >= 0.3 is 5.69 Å². The first-order chi connectivity index (χ1) is 6.91. The fourth-order valence-electron chi connectivity index (χ4n) is 0.946. The van der Waals surface area contributed by atoms with E-state index in [1.165, 1.54) is 0 Å². The van der Waals surface area contributed by atoms with Crippen molar-refractivity contribution in [2.75, 3.05) is 0 Å². The number of alkyl halides is 1. The Hall–Kier alpha value is -1.18. The van der Waals surface area contributed by atoms with Crippen molar-refractivity contribution < 1.29 is 22.5 Å². The van der Waals surface area contributed by atoms with E-state index in [9.17, 15) is 27.7 Å². The molecule has 0 spiro atoms. The molecule has 0 N–H and O–H groups in total. The van der Waals surface area contributed by atoms with Gasteiger partial charge in [0.05, 0.1) is 15.0 Å². The Kier molecular flexibility index (Phi) is 3.28. The van der Waals surface area contributed by atoms with Crippen LogP contribution >= 0.6 is 15.9 Å². The number of nitro benzene ring substituents is 1. The highest BCUT2D eigenvalue weighted by Gasteiger charge is 2.31. The summed E-state index contributed by atoms with van der Waals surface area (Å²) in [6.45, 7) is -1.60. The number of nitro groups is 1. The average molecular weight is 288 g/mol. The zero-order valence-electron chi connectivity index (χ0n) is 6.86. The fourth-order valence-corrected chi connectivity index (χ4v) is 1.37. The van der Waals surface area contributed by atoms with E-state index in [1.54, 1.807) is 0 Å². The summed E-state index contributed by atoms with van der Waals surface area (Å²) in [6, 6.07) is 0. The molecule has 1 rings (SSSR count). The van der Waals surface area contributed by atoms with E-state index >= 15 is 0 Å². The van der Waals surface area contributed by atoms with Gasteiger partial charge in [0.2, 0.25) is 11.6 Å². The van der Waals surface area contributed by atoms with Gasteiger partial charge in [0.1, 0.15) is 12.5 Å². The van der Waals surface area contributed by atoms with Crippen molar-refractivity contribution in [2.45, 2.75) is 6.67 Å². The number of benzene rings is 1. The van der Waals surface area contributed by atoms with Gasteiger partial charge in [0.25, 0.3) is 0 Å². The summed E-state index contributed by atoms with van der Waals surface area (Å²) in [5.74, 6) is -5.05. The minimum Gasteiger partial charge on any atom is -0.258 e. The molecule has 0 amide bonds. The first-order valence-corrected chi connectivity index (χ1v) is 4.26. The smallest absolute Gasteiger partial charge is 0.258 e. The van der Waals surface area contributed by atoms with E-state index in [4.69, 9.17) is 0 Å². The third-order valence-electron chi connectivity index (χ3n) is 1.65. The van der Waals surface area contributed by atoms with Gasteiger partial charge in [-0.3, -0.25) is 10.1 Å². The molecule has 3 nitrogen and oxygen atoms in total. The molecule has 1 aromatic rings. The third kappa shape index (κ3) is 1.81. The minimum atomic E-state index is -1.83. The maximum Gasteiger partial charge on any atom is 0.341 e. The van der Waals surface area contributed by atoms with Crippen LogP contribution in [0, 0.1) is 27.6 Å². The van der Waals surface area contributed by atoms with Gasteiger partial charge in [-0.05, 0) is 15.9 Å². The standard InChI is InChI=1S/C7H2BrF4NO2/c8-3-4(10)2(1-9)5(11)7(6(3)12)13(14)15/h1H2. The van der Waals surface area contributed by atoms with Crippen LogP contribution in [0.2, 0.25) is 0 Å². The zero-order valence-corrected chi connectivity index (χ0v) is 8.45. The average Bonchev–Trinajstić information content (AvgIpc) is 2.15. The number of halogens is 5. The maximum absolute atomic E-state index is 13.0. The number of hydrogen-bond donors (Lipinski definition) is 0. The van der Waals surface area contributed by atoms with Crippen molar-refractivity contribution in [3.63, 3.8) is 0 Å². The van der Waals surface area contributed by atoms with Gasteiger partial charge in [-0.2, -0.15) is 8.78 Å². The molecule has 0 bridgehead atoms. The highest BCUT2D eigenvalue weighted by molar-refractivity contribution is 9.10. The first kappa shape index (κ1) is 11.9. The van der Waals surface area contributed by atoms with E-state index < -0.39 is 44.8 Å². The molecule has 0 fully saturated rings. The van der Waals surface area contributed by atoms with E-state index in [1.807, 2.05) is 0 Å². The summed E-state index contributed by atoms with van der Waals surface area (Å²) in [6.07, 6.45) is 0. The summed E-state index contributed by atoms with van der Waals surface area (Å²) < 4.78 is 50.2. The maximum atomic E-state index is 13.0. The molecule has 82 valence electrons. The van der Waals surface area contributed by atoms with Crippen molar-refractivity contribution in [1.82, 2.24) is 0 Å². The van der Waals surface area contributed by atoms with Crippen LogP contribution in [0.5, 0.6) is 0 Å². The SMILES string of the molecule is O=[N+]([O-])c1c(F)c(Br)c(F)c(CF)c1F. The van der Waals surface area contributed by atoms with Gasteiger partial charge < -0.3 is 0 Å². The van der Waals surface area contributed by atoms with Crippen LogP contribution in [0.3, 0.4) is 0 Å². The summed E-state index contributed by atoms with van der Waals surface area (Å²) in [7, 11) is 0. The fraction of sp³-hybridized carbons (Fsp3) is 0.143. The van der Waals surface area contributed by atoms with Crippen molar-refractivity contribution in [1.29, 1.82) is 0 Å². The second-order valence-corrected chi connectivity index (χ2v) is 3.27. The van der Waals surface area contributed by atoms with Gasteiger partial charge in [-0.1, -0.05) is 0 Å². The predicted molar refractivity (Wildman–Crippen MR) is 45.5 cm³/mol. The van der Waals surface area contributed by atoms with Crippen LogP contribution in [-0.4, -0.2) is 4.92 Å². The number of rotatable bonds is 2. The quantitative estimate of drug-likeness (QED) is 0.276. The van der Waals surface area contributed by atoms with Gasteiger partial charge in [0.15, 0.2) is 0 Å². The largest absolute Gasteiger partial charge is 0.341 e. The van der Waals surface area contributed by atoms with Crippen molar-refractivity contribution in [2.24, 2.45) is 0 Å². The monoisotopic (exact) mass is 287 g/mol. The van der Waals surface area contributed by atoms with Crippen molar-refractivity contribution in [3.8, 4) is 0 Å². The molecule has 0 aliphatic rings. The normalized spacial score (nSPS) is 10.5. The second kappa shape index (κ2) is 4.13. The highest BCUT2D eigenvalue weighted by atomic mass is 79.9. The first-order valence-electron chi connectivity index (χ1n) is 3.47.